The molecule has 0 unspecified atom stereocenters. The van der Waals surface area contributed by atoms with Crippen molar-refractivity contribution in [2.24, 2.45) is 5.10 Å². The number of hydrazone groups is 1. The van der Waals surface area contributed by atoms with E-state index < -0.39 is 0 Å². The normalized spacial score (nSPS) is 11.6. The highest BCUT2D eigenvalue weighted by Gasteiger charge is 2.11. The van der Waals surface area contributed by atoms with Crippen molar-refractivity contribution < 1.29 is 4.79 Å². The molecule has 4 rings (SSSR count). The first kappa shape index (κ1) is 17.7. The summed E-state index contributed by atoms with van der Waals surface area (Å²) in [5.74, 6) is -0.328. The van der Waals surface area contributed by atoms with Gasteiger partial charge in [-0.25, -0.2) is 5.43 Å². The van der Waals surface area contributed by atoms with E-state index in [1.54, 1.807) is 6.07 Å². The van der Waals surface area contributed by atoms with Crippen LogP contribution in [-0.4, -0.2) is 21.8 Å². The molecule has 0 radical (unpaired) electrons. The topological polar surface area (TPSA) is 70.1 Å². The summed E-state index contributed by atoms with van der Waals surface area (Å²) in [4.78, 5) is 12.4. The molecule has 0 spiro atoms. The number of nitrogens with zero attached hydrogens (tertiary/aromatic N) is 2. The third-order valence-corrected chi connectivity index (χ3v) is 4.66. The van der Waals surface area contributed by atoms with Crippen molar-refractivity contribution in [1.82, 2.24) is 15.6 Å². The number of aromatic nitrogens is 2. The molecular formula is C23H20N4O. The summed E-state index contributed by atoms with van der Waals surface area (Å²) in [5.41, 5.74) is 7.51. The van der Waals surface area contributed by atoms with Gasteiger partial charge in [0.05, 0.1) is 11.4 Å². The molecule has 0 fully saturated rings. The Hall–Kier alpha value is -3.73. The number of aromatic amines is 1. The van der Waals surface area contributed by atoms with Crippen LogP contribution < -0.4 is 5.43 Å². The van der Waals surface area contributed by atoms with Crippen molar-refractivity contribution >= 4 is 22.4 Å². The molecule has 0 saturated heterocycles. The van der Waals surface area contributed by atoms with E-state index in [0.717, 1.165) is 27.9 Å². The standard InChI is InChI=1S/C23H20N4O/c1-15-7-9-18(10-8-15)21-14-22(26-25-21)23(28)27-24-16(2)19-12-11-17-5-3-4-6-20(17)13-19/h3-14H,1-2H3,(H,25,26)(H,27,28). The number of nitrogens with one attached hydrogen (secondary N) is 2. The van der Waals surface area contributed by atoms with Gasteiger partial charge in [-0.15, -0.1) is 0 Å². The summed E-state index contributed by atoms with van der Waals surface area (Å²) in [6.07, 6.45) is 0. The quantitative estimate of drug-likeness (QED) is 0.405. The number of aryl methyl sites for hydroxylation is 1. The predicted octanol–water partition coefficient (Wildman–Crippen LogP) is 4.69. The first-order chi connectivity index (χ1) is 13.6. The Kier molecular flexibility index (Phi) is 4.72. The zero-order chi connectivity index (χ0) is 19.5. The van der Waals surface area contributed by atoms with Crippen molar-refractivity contribution in [3.8, 4) is 11.3 Å². The van der Waals surface area contributed by atoms with Crippen molar-refractivity contribution in [1.29, 1.82) is 0 Å². The van der Waals surface area contributed by atoms with Gasteiger partial charge in [-0.1, -0.05) is 66.2 Å². The van der Waals surface area contributed by atoms with Gasteiger partial charge in [-0.2, -0.15) is 10.2 Å². The fraction of sp³-hybridized carbons (Fsp3) is 0.0870. The molecule has 0 aliphatic heterocycles. The first-order valence-electron chi connectivity index (χ1n) is 9.06. The van der Waals surface area contributed by atoms with Crippen LogP contribution in [0.25, 0.3) is 22.0 Å². The number of benzene rings is 3. The van der Waals surface area contributed by atoms with Gasteiger partial charge in [-0.3, -0.25) is 9.89 Å². The monoisotopic (exact) mass is 368 g/mol. The molecule has 1 amide bonds. The Morgan fingerprint density at radius 2 is 1.71 bits per heavy atom. The number of amides is 1. The Bertz CT molecular complexity index is 1170. The Labute approximate surface area is 163 Å². The van der Waals surface area contributed by atoms with Crippen molar-refractivity contribution in [2.75, 3.05) is 0 Å². The molecule has 0 aliphatic carbocycles. The lowest BCUT2D eigenvalue weighted by Crippen LogP contribution is -2.19. The minimum Gasteiger partial charge on any atom is -0.272 e. The number of rotatable bonds is 4. The highest BCUT2D eigenvalue weighted by atomic mass is 16.2. The number of hydrogen-bond acceptors (Lipinski definition) is 3. The minimum absolute atomic E-state index is 0.328. The highest BCUT2D eigenvalue weighted by molar-refractivity contribution is 6.03. The van der Waals surface area contributed by atoms with Crippen molar-refractivity contribution in [2.45, 2.75) is 13.8 Å². The lowest BCUT2D eigenvalue weighted by Gasteiger charge is -2.04. The van der Waals surface area contributed by atoms with Crippen LogP contribution in [0.5, 0.6) is 0 Å². The van der Waals surface area contributed by atoms with E-state index in [1.807, 2.05) is 62.4 Å². The number of H-pyrrole nitrogens is 1. The summed E-state index contributed by atoms with van der Waals surface area (Å²) >= 11 is 0. The largest absolute Gasteiger partial charge is 0.289 e. The van der Waals surface area contributed by atoms with Gasteiger partial charge in [0.15, 0.2) is 0 Å². The second kappa shape index (κ2) is 7.48. The average Bonchev–Trinajstić information content (AvgIpc) is 3.22. The van der Waals surface area contributed by atoms with Crippen LogP contribution in [-0.2, 0) is 0 Å². The third-order valence-electron chi connectivity index (χ3n) is 4.66. The van der Waals surface area contributed by atoms with Gasteiger partial charge in [0.2, 0.25) is 0 Å². The average molecular weight is 368 g/mol. The molecule has 4 aromatic rings. The maximum absolute atomic E-state index is 12.4. The van der Waals surface area contributed by atoms with Gasteiger partial charge in [0.25, 0.3) is 5.91 Å². The molecule has 1 aromatic heterocycles. The number of hydrogen-bond donors (Lipinski definition) is 2. The summed E-state index contributed by atoms with van der Waals surface area (Å²) in [6, 6.07) is 24.0. The number of carbonyl (C=O) groups excluding carboxylic acids is 1. The molecule has 1 heterocycles. The van der Waals surface area contributed by atoms with Crippen LogP contribution in [0.3, 0.4) is 0 Å². The second-order valence-electron chi connectivity index (χ2n) is 6.73. The summed E-state index contributed by atoms with van der Waals surface area (Å²) < 4.78 is 0. The van der Waals surface area contributed by atoms with Crippen molar-refractivity contribution in [3.05, 3.63) is 89.6 Å². The third kappa shape index (κ3) is 3.69. The molecule has 0 atom stereocenters. The van der Waals surface area contributed by atoms with Crippen LogP contribution in [0.15, 0.2) is 77.9 Å². The van der Waals surface area contributed by atoms with E-state index in [2.05, 4.69) is 38.9 Å². The van der Waals surface area contributed by atoms with E-state index in [0.29, 0.717) is 5.69 Å². The smallest absolute Gasteiger partial charge is 0.272 e. The molecular weight excluding hydrogens is 348 g/mol. The molecule has 0 bridgehead atoms. The summed E-state index contributed by atoms with van der Waals surface area (Å²) in [5, 5.41) is 13.5. The maximum Gasteiger partial charge on any atom is 0.289 e. The first-order valence-corrected chi connectivity index (χ1v) is 9.06. The van der Waals surface area contributed by atoms with Crippen LogP contribution in [0.4, 0.5) is 0 Å². The summed E-state index contributed by atoms with van der Waals surface area (Å²) in [7, 11) is 0. The van der Waals surface area contributed by atoms with Crippen LogP contribution in [0.1, 0.15) is 28.5 Å². The molecule has 5 nitrogen and oxygen atoms in total. The van der Waals surface area contributed by atoms with Crippen LogP contribution in [0.2, 0.25) is 0 Å². The van der Waals surface area contributed by atoms with Gasteiger partial charge >= 0.3 is 0 Å². The maximum atomic E-state index is 12.4. The van der Waals surface area contributed by atoms with Crippen LogP contribution in [0, 0.1) is 6.92 Å². The van der Waals surface area contributed by atoms with E-state index in [4.69, 9.17) is 0 Å². The van der Waals surface area contributed by atoms with Crippen molar-refractivity contribution in [3.63, 3.8) is 0 Å². The fourth-order valence-corrected chi connectivity index (χ4v) is 2.98. The molecule has 138 valence electrons. The molecule has 3 aromatic carbocycles. The Balaban J connectivity index is 1.49. The van der Waals surface area contributed by atoms with E-state index in [-0.39, 0.29) is 5.91 Å². The molecule has 0 aliphatic rings. The van der Waals surface area contributed by atoms with Gasteiger partial charge < -0.3 is 0 Å². The second-order valence-corrected chi connectivity index (χ2v) is 6.73. The van der Waals surface area contributed by atoms with E-state index in [1.165, 1.54) is 10.9 Å². The minimum atomic E-state index is -0.328. The fourth-order valence-electron chi connectivity index (χ4n) is 2.98. The molecule has 2 N–H and O–H groups in total. The zero-order valence-electron chi connectivity index (χ0n) is 15.7. The number of fused-ring (bicyclic) bond motifs is 1. The van der Waals surface area contributed by atoms with E-state index in [9.17, 15) is 4.79 Å². The summed E-state index contributed by atoms with van der Waals surface area (Å²) in [6.45, 7) is 3.90. The van der Waals surface area contributed by atoms with E-state index >= 15 is 0 Å². The van der Waals surface area contributed by atoms with Gasteiger partial charge in [0.1, 0.15) is 5.69 Å². The highest BCUT2D eigenvalue weighted by Crippen LogP contribution is 2.18. The van der Waals surface area contributed by atoms with Gasteiger partial charge in [0, 0.05) is 5.56 Å². The van der Waals surface area contributed by atoms with Gasteiger partial charge in [-0.05, 0) is 42.3 Å². The Morgan fingerprint density at radius 1 is 0.964 bits per heavy atom. The zero-order valence-corrected chi connectivity index (χ0v) is 15.7. The predicted molar refractivity (Wildman–Crippen MR) is 112 cm³/mol. The molecule has 0 saturated carbocycles. The molecule has 5 heteroatoms. The lowest BCUT2D eigenvalue weighted by molar-refractivity contribution is 0.0950. The Morgan fingerprint density at radius 3 is 2.50 bits per heavy atom. The lowest BCUT2D eigenvalue weighted by atomic mass is 10.0. The SMILES string of the molecule is CC(=NNC(=O)c1cc(-c2ccc(C)cc2)n[nH]1)c1ccc2ccccc2c1. The molecule has 28 heavy (non-hydrogen) atoms. The van der Waals surface area contributed by atoms with Crippen LogP contribution >= 0.6 is 0 Å². The number of carbonyl (C=O) groups is 1.